The third-order valence-corrected chi connectivity index (χ3v) is 8.09. The predicted octanol–water partition coefficient (Wildman–Crippen LogP) is 7.36. The molecule has 0 radical (unpaired) electrons. The second kappa shape index (κ2) is 23.1. The number of ether oxygens (including phenoxy) is 7. The van der Waals surface area contributed by atoms with E-state index in [9.17, 15) is 9.59 Å². The Morgan fingerprint density at radius 1 is 0.640 bits per heavy atom. The van der Waals surface area contributed by atoms with Crippen LogP contribution in [-0.4, -0.2) is 85.7 Å². The Bertz CT molecular complexity index is 1390. The maximum atomic E-state index is 13.2. The van der Waals surface area contributed by atoms with Gasteiger partial charge in [-0.1, -0.05) is 24.3 Å². The van der Waals surface area contributed by atoms with Crippen LogP contribution in [0.25, 0.3) is 6.08 Å². The summed E-state index contributed by atoms with van der Waals surface area (Å²) in [6.07, 6.45) is 8.63. The van der Waals surface area contributed by atoms with Crippen molar-refractivity contribution in [3.05, 3.63) is 83.4 Å². The van der Waals surface area contributed by atoms with E-state index >= 15 is 0 Å². The van der Waals surface area contributed by atoms with Crippen LogP contribution in [0.1, 0.15) is 61.1 Å². The van der Waals surface area contributed by atoms with Gasteiger partial charge < -0.3 is 38.1 Å². The third kappa shape index (κ3) is 13.5. The molecule has 0 aliphatic heterocycles. The van der Waals surface area contributed by atoms with Crippen LogP contribution in [0.4, 0.5) is 0 Å². The van der Waals surface area contributed by atoms with Gasteiger partial charge in [0.15, 0.2) is 11.5 Å². The van der Waals surface area contributed by atoms with E-state index in [1.165, 1.54) is 6.08 Å². The normalized spacial score (nSPS) is 10.9. The first-order valence-corrected chi connectivity index (χ1v) is 16.6. The van der Waals surface area contributed by atoms with E-state index in [1.807, 2.05) is 48.5 Å². The summed E-state index contributed by atoms with van der Waals surface area (Å²) in [5, 5.41) is 0. The molecule has 0 N–H and O–H groups in total. The maximum absolute atomic E-state index is 13.2. The number of esters is 2. The molecule has 274 valence electrons. The lowest BCUT2D eigenvalue weighted by Crippen LogP contribution is -2.21. The smallest absolute Gasteiger partial charge is 0.330 e. The van der Waals surface area contributed by atoms with E-state index < -0.39 is 11.9 Å². The summed E-state index contributed by atoms with van der Waals surface area (Å²) in [6, 6.07) is 18.5. The van der Waals surface area contributed by atoms with E-state index in [0.717, 1.165) is 79.8 Å². The van der Waals surface area contributed by atoms with Gasteiger partial charge in [0.2, 0.25) is 5.75 Å². The molecule has 0 unspecified atom stereocenters. The topological polar surface area (TPSA) is 102 Å². The zero-order valence-electron chi connectivity index (χ0n) is 30.1. The van der Waals surface area contributed by atoms with Gasteiger partial charge >= 0.3 is 11.9 Å². The number of benzene rings is 3. The minimum absolute atomic E-state index is 0. The largest absolute Gasteiger partial charge is 0.497 e. The van der Waals surface area contributed by atoms with Crippen molar-refractivity contribution < 1.29 is 42.7 Å². The number of hydrogen-bond donors (Lipinski definition) is 0. The molecule has 3 aromatic carbocycles. The van der Waals surface area contributed by atoms with Crippen molar-refractivity contribution in [2.75, 3.05) is 68.9 Å². The molecule has 3 rings (SSSR count). The van der Waals surface area contributed by atoms with E-state index in [-0.39, 0.29) is 18.4 Å². The Kier molecular flexibility index (Phi) is 19.3. The van der Waals surface area contributed by atoms with E-state index in [0.29, 0.717) is 30.5 Å². The molecule has 0 spiro atoms. The lowest BCUT2D eigenvalue weighted by Gasteiger charge is -2.18. The standard InChI is InChI=1S/C39H51NO9.ClH/c1-40(23-9-7-11-25-48-36(41)22-13-29-27-34(45-4)38(47-6)35(28-29)46-5)24-10-8-12-26-49-39(42)37(30-14-18-32(43-2)19-15-30)31-16-20-33(44-3)21-17-31;/h13-22,27-28,37H,7-12,23-26H2,1-6H3;1H/b22-13+;. The lowest BCUT2D eigenvalue weighted by atomic mass is 9.91. The van der Waals surface area contributed by atoms with Gasteiger partial charge in [-0.05, 0) is 118 Å². The average molecular weight is 714 g/mol. The highest BCUT2D eigenvalue weighted by atomic mass is 35.5. The maximum Gasteiger partial charge on any atom is 0.330 e. The monoisotopic (exact) mass is 713 g/mol. The number of carbonyl (C=O) groups is 2. The van der Waals surface area contributed by atoms with Crippen LogP contribution in [0, 0.1) is 0 Å². The van der Waals surface area contributed by atoms with Crippen molar-refractivity contribution in [2.24, 2.45) is 0 Å². The van der Waals surface area contributed by atoms with E-state index in [1.54, 1.807) is 53.8 Å². The molecule has 3 aromatic rings. The first kappa shape index (κ1) is 41.8. The number of carbonyl (C=O) groups excluding carboxylic acids is 2. The van der Waals surface area contributed by atoms with Gasteiger partial charge in [-0.25, -0.2) is 4.79 Å². The molecule has 0 fully saturated rings. The molecule has 0 bridgehead atoms. The van der Waals surface area contributed by atoms with Gasteiger partial charge in [-0.2, -0.15) is 0 Å². The highest BCUT2D eigenvalue weighted by Gasteiger charge is 2.24. The Morgan fingerprint density at radius 3 is 1.56 bits per heavy atom. The van der Waals surface area contributed by atoms with Crippen LogP contribution in [0.15, 0.2) is 66.7 Å². The van der Waals surface area contributed by atoms with Gasteiger partial charge in [0, 0.05) is 6.08 Å². The molecule has 50 heavy (non-hydrogen) atoms. The summed E-state index contributed by atoms with van der Waals surface area (Å²) in [4.78, 5) is 27.7. The first-order valence-electron chi connectivity index (χ1n) is 16.6. The van der Waals surface area contributed by atoms with E-state index in [2.05, 4.69) is 11.9 Å². The summed E-state index contributed by atoms with van der Waals surface area (Å²) in [6.45, 7) is 2.69. The van der Waals surface area contributed by atoms with Crippen molar-refractivity contribution in [2.45, 2.75) is 44.4 Å². The van der Waals surface area contributed by atoms with Gasteiger partial charge in [0.25, 0.3) is 0 Å². The van der Waals surface area contributed by atoms with Crippen LogP contribution in [0.3, 0.4) is 0 Å². The van der Waals surface area contributed by atoms with Gasteiger partial charge in [-0.3, -0.25) is 4.79 Å². The molecule has 10 nitrogen and oxygen atoms in total. The summed E-state index contributed by atoms with van der Waals surface area (Å²) in [5.41, 5.74) is 2.43. The molecule has 0 aliphatic rings. The van der Waals surface area contributed by atoms with Crippen LogP contribution in [-0.2, 0) is 19.1 Å². The second-order valence-corrected chi connectivity index (χ2v) is 11.5. The van der Waals surface area contributed by atoms with Crippen LogP contribution in [0.2, 0.25) is 0 Å². The number of methoxy groups -OCH3 is 5. The third-order valence-electron chi connectivity index (χ3n) is 8.09. The summed E-state index contributed by atoms with van der Waals surface area (Å²) in [7, 11) is 9.98. The molecule has 0 heterocycles. The number of hydrogen-bond acceptors (Lipinski definition) is 10. The zero-order chi connectivity index (χ0) is 35.4. The summed E-state index contributed by atoms with van der Waals surface area (Å²) >= 11 is 0. The minimum atomic E-state index is -0.531. The van der Waals surface area contributed by atoms with Gasteiger partial charge in [0.1, 0.15) is 17.4 Å². The summed E-state index contributed by atoms with van der Waals surface area (Å²) in [5.74, 6) is 1.79. The Labute approximate surface area is 303 Å². The molecule has 0 aliphatic carbocycles. The van der Waals surface area contributed by atoms with E-state index in [4.69, 9.17) is 33.2 Å². The molecule has 0 atom stereocenters. The highest BCUT2D eigenvalue weighted by molar-refractivity contribution is 5.87. The quantitative estimate of drug-likeness (QED) is 0.0597. The Morgan fingerprint density at radius 2 is 1.12 bits per heavy atom. The predicted molar refractivity (Wildman–Crippen MR) is 197 cm³/mol. The SMILES string of the molecule is COc1ccc(C(C(=O)OCCCCCN(C)CCCCCOC(=O)/C=C/c2cc(OC)c(OC)c(OC)c2)c2ccc(OC)cc2)cc1.Cl. The Hall–Kier alpha value is -4.41. The molecule has 0 saturated carbocycles. The van der Waals surface area contributed by atoms with Crippen LogP contribution in [0.5, 0.6) is 28.7 Å². The van der Waals surface area contributed by atoms with Gasteiger partial charge in [-0.15, -0.1) is 12.4 Å². The fourth-order valence-electron chi connectivity index (χ4n) is 5.33. The van der Waals surface area contributed by atoms with Gasteiger partial charge in [0.05, 0.1) is 48.8 Å². The Balaban J connectivity index is 0.00000867. The molecule has 0 amide bonds. The number of rotatable bonds is 22. The fourth-order valence-corrected chi connectivity index (χ4v) is 5.33. The minimum Gasteiger partial charge on any atom is -0.497 e. The molecular formula is C39H52ClNO9. The molecule has 0 aromatic heterocycles. The number of unbranched alkanes of at least 4 members (excludes halogenated alkanes) is 4. The van der Waals surface area contributed by atoms with Crippen LogP contribution >= 0.6 is 12.4 Å². The number of nitrogens with zero attached hydrogens (tertiary/aromatic N) is 1. The lowest BCUT2D eigenvalue weighted by molar-refractivity contribution is -0.144. The number of halogens is 1. The van der Waals surface area contributed by atoms with Crippen LogP contribution < -0.4 is 23.7 Å². The molecule has 0 saturated heterocycles. The fraction of sp³-hybridized carbons (Fsp3) is 0.436. The van der Waals surface area contributed by atoms with Crippen molar-refractivity contribution in [1.29, 1.82) is 0 Å². The van der Waals surface area contributed by atoms with Crippen molar-refractivity contribution in [1.82, 2.24) is 4.90 Å². The first-order chi connectivity index (χ1) is 23.8. The second-order valence-electron chi connectivity index (χ2n) is 11.5. The van der Waals surface area contributed by atoms with Crippen molar-refractivity contribution in [3.63, 3.8) is 0 Å². The average Bonchev–Trinajstić information content (AvgIpc) is 3.13. The molecule has 11 heteroatoms. The highest BCUT2D eigenvalue weighted by Crippen LogP contribution is 2.38. The molecular weight excluding hydrogens is 662 g/mol. The van der Waals surface area contributed by atoms with Crippen molar-refractivity contribution >= 4 is 30.4 Å². The summed E-state index contributed by atoms with van der Waals surface area (Å²) < 4.78 is 37.7. The zero-order valence-corrected chi connectivity index (χ0v) is 30.9. The van der Waals surface area contributed by atoms with Crippen molar-refractivity contribution in [3.8, 4) is 28.7 Å².